The van der Waals surface area contributed by atoms with Crippen LogP contribution in [0.15, 0.2) is 42.7 Å². The highest BCUT2D eigenvalue weighted by Gasteiger charge is 2.25. The molecule has 4 rings (SSSR count). The second-order valence-corrected chi connectivity index (χ2v) is 6.83. The quantitative estimate of drug-likeness (QED) is 0.682. The fraction of sp³-hybridized carbons (Fsp3) is 0.263. The summed E-state index contributed by atoms with van der Waals surface area (Å²) in [4.78, 5) is 21.4. The number of carbonyl (C=O) groups is 1. The molecule has 0 radical (unpaired) electrons. The van der Waals surface area contributed by atoms with Gasteiger partial charge < -0.3 is 10.4 Å². The molecule has 3 aromatic rings. The summed E-state index contributed by atoms with van der Waals surface area (Å²) < 4.78 is 1.92. The molecule has 0 saturated heterocycles. The minimum absolute atomic E-state index is 0.137. The van der Waals surface area contributed by atoms with Crippen LogP contribution in [0.3, 0.4) is 0 Å². The van der Waals surface area contributed by atoms with Gasteiger partial charge in [0.1, 0.15) is 5.69 Å². The van der Waals surface area contributed by atoms with E-state index in [-0.39, 0.29) is 24.8 Å². The molecule has 2 heterocycles. The maximum atomic E-state index is 12.4. The van der Waals surface area contributed by atoms with Crippen molar-refractivity contribution in [1.82, 2.24) is 25.1 Å². The number of hydrogen-bond acceptors (Lipinski definition) is 5. The summed E-state index contributed by atoms with van der Waals surface area (Å²) in [7, 11) is 0. The first-order valence-corrected chi connectivity index (χ1v) is 9.10. The molecule has 7 nitrogen and oxygen atoms in total. The van der Waals surface area contributed by atoms with Crippen LogP contribution in [0.2, 0.25) is 5.02 Å². The number of nitrogens with zero attached hydrogens (tertiary/aromatic N) is 4. The van der Waals surface area contributed by atoms with Crippen molar-refractivity contribution in [3.63, 3.8) is 0 Å². The van der Waals surface area contributed by atoms with Gasteiger partial charge in [0.25, 0.3) is 5.91 Å². The standard InChI is InChI=1S/C19H18ClN5O2/c20-14-3-1-12(2-4-14)16-9-17(19(27)21-7-8-26)24-18(23-16)13-10-22-25(11-13)15-5-6-15/h1-4,9-11,15,26H,5-8H2,(H,21,27). The minimum Gasteiger partial charge on any atom is -0.395 e. The highest BCUT2D eigenvalue weighted by molar-refractivity contribution is 6.30. The zero-order valence-electron chi connectivity index (χ0n) is 14.5. The lowest BCUT2D eigenvalue weighted by molar-refractivity contribution is 0.0940. The van der Waals surface area contributed by atoms with Gasteiger partial charge in [0.05, 0.1) is 30.1 Å². The third-order valence-electron chi connectivity index (χ3n) is 4.28. The molecule has 0 bridgehead atoms. The summed E-state index contributed by atoms with van der Waals surface area (Å²) in [6.07, 6.45) is 5.88. The maximum Gasteiger partial charge on any atom is 0.270 e. The van der Waals surface area contributed by atoms with E-state index in [1.807, 2.05) is 23.0 Å². The van der Waals surface area contributed by atoms with Gasteiger partial charge in [-0.25, -0.2) is 9.97 Å². The molecular weight excluding hydrogens is 366 g/mol. The Morgan fingerprint density at radius 2 is 2.00 bits per heavy atom. The Hall–Kier alpha value is -2.77. The van der Waals surface area contributed by atoms with E-state index in [1.165, 1.54) is 0 Å². The number of carbonyl (C=O) groups excluding carboxylic acids is 1. The van der Waals surface area contributed by atoms with Gasteiger partial charge in [-0.3, -0.25) is 9.48 Å². The second-order valence-electron chi connectivity index (χ2n) is 6.39. The molecule has 2 N–H and O–H groups in total. The summed E-state index contributed by atoms with van der Waals surface area (Å²) >= 11 is 5.97. The highest BCUT2D eigenvalue weighted by Crippen LogP contribution is 2.35. The summed E-state index contributed by atoms with van der Waals surface area (Å²) in [6, 6.07) is 9.31. The fourth-order valence-electron chi connectivity index (χ4n) is 2.71. The van der Waals surface area contributed by atoms with Crippen LogP contribution in [-0.2, 0) is 0 Å². The van der Waals surface area contributed by atoms with E-state index >= 15 is 0 Å². The van der Waals surface area contributed by atoms with Crippen molar-refractivity contribution in [2.75, 3.05) is 13.2 Å². The molecule has 0 atom stereocenters. The number of amides is 1. The first kappa shape index (κ1) is 17.6. The highest BCUT2D eigenvalue weighted by atomic mass is 35.5. The predicted molar refractivity (Wildman–Crippen MR) is 101 cm³/mol. The van der Waals surface area contributed by atoms with Crippen LogP contribution >= 0.6 is 11.6 Å². The van der Waals surface area contributed by atoms with Gasteiger partial charge in [0.15, 0.2) is 5.82 Å². The summed E-state index contributed by atoms with van der Waals surface area (Å²) in [5.41, 5.74) is 2.44. The molecule has 1 fully saturated rings. The van der Waals surface area contributed by atoms with Crippen molar-refractivity contribution in [1.29, 1.82) is 0 Å². The number of aliphatic hydroxyl groups is 1. The Balaban J connectivity index is 1.75. The molecule has 8 heteroatoms. The number of rotatable bonds is 6. The average molecular weight is 384 g/mol. The van der Waals surface area contributed by atoms with Crippen LogP contribution in [0.25, 0.3) is 22.6 Å². The molecular formula is C19H18ClN5O2. The molecule has 1 aromatic carbocycles. The molecule has 0 unspecified atom stereocenters. The van der Waals surface area contributed by atoms with Crippen molar-refractivity contribution >= 4 is 17.5 Å². The van der Waals surface area contributed by atoms with Crippen molar-refractivity contribution in [2.24, 2.45) is 0 Å². The monoisotopic (exact) mass is 383 g/mol. The van der Waals surface area contributed by atoms with E-state index in [4.69, 9.17) is 16.7 Å². The number of halogens is 1. The molecule has 1 saturated carbocycles. The van der Waals surface area contributed by atoms with Crippen LogP contribution in [0.5, 0.6) is 0 Å². The first-order valence-electron chi connectivity index (χ1n) is 8.72. The third kappa shape index (κ3) is 3.99. The number of nitrogens with one attached hydrogen (secondary N) is 1. The first-order chi connectivity index (χ1) is 13.1. The van der Waals surface area contributed by atoms with E-state index in [9.17, 15) is 4.79 Å². The van der Waals surface area contributed by atoms with E-state index in [2.05, 4.69) is 20.4 Å². The maximum absolute atomic E-state index is 12.4. The summed E-state index contributed by atoms with van der Waals surface area (Å²) in [5.74, 6) is 0.0704. The van der Waals surface area contributed by atoms with E-state index in [0.717, 1.165) is 24.0 Å². The number of aromatic nitrogens is 4. The Morgan fingerprint density at radius 1 is 1.22 bits per heavy atom. The third-order valence-corrected chi connectivity index (χ3v) is 4.53. The van der Waals surface area contributed by atoms with Gasteiger partial charge in [0.2, 0.25) is 0 Å². The van der Waals surface area contributed by atoms with Crippen molar-refractivity contribution in [3.05, 3.63) is 53.4 Å². The zero-order valence-corrected chi connectivity index (χ0v) is 15.2. The Labute approximate surface area is 161 Å². The van der Waals surface area contributed by atoms with Crippen LogP contribution in [0.1, 0.15) is 29.4 Å². The van der Waals surface area contributed by atoms with E-state index < -0.39 is 0 Å². The molecule has 1 amide bonds. The predicted octanol–water partition coefficient (Wildman–Crippen LogP) is 2.72. The van der Waals surface area contributed by atoms with Crippen molar-refractivity contribution in [2.45, 2.75) is 18.9 Å². The Kier molecular flexibility index (Phi) is 4.87. The average Bonchev–Trinajstić information content (AvgIpc) is 3.43. The molecule has 0 spiro atoms. The second kappa shape index (κ2) is 7.46. The van der Waals surface area contributed by atoms with Gasteiger partial charge >= 0.3 is 0 Å². The smallest absolute Gasteiger partial charge is 0.270 e. The van der Waals surface area contributed by atoms with E-state index in [1.54, 1.807) is 24.4 Å². The van der Waals surface area contributed by atoms with Gasteiger partial charge in [-0.15, -0.1) is 0 Å². The minimum atomic E-state index is -0.363. The Bertz CT molecular complexity index is 966. The zero-order chi connectivity index (χ0) is 18.8. The lowest BCUT2D eigenvalue weighted by atomic mass is 10.1. The molecule has 2 aromatic heterocycles. The molecule has 138 valence electrons. The topological polar surface area (TPSA) is 92.9 Å². The van der Waals surface area contributed by atoms with Crippen LogP contribution in [0.4, 0.5) is 0 Å². The van der Waals surface area contributed by atoms with Crippen LogP contribution in [0, 0.1) is 0 Å². The fourth-order valence-corrected chi connectivity index (χ4v) is 2.84. The van der Waals surface area contributed by atoms with Crippen molar-refractivity contribution < 1.29 is 9.90 Å². The molecule has 0 aliphatic heterocycles. The normalized spacial score (nSPS) is 13.6. The lowest BCUT2D eigenvalue weighted by Gasteiger charge is -2.08. The van der Waals surface area contributed by atoms with E-state index in [0.29, 0.717) is 22.6 Å². The van der Waals surface area contributed by atoms with Gasteiger partial charge in [-0.05, 0) is 31.0 Å². The SMILES string of the molecule is O=C(NCCO)c1cc(-c2ccc(Cl)cc2)nc(-c2cnn(C3CC3)c2)n1. The lowest BCUT2D eigenvalue weighted by Crippen LogP contribution is -2.27. The summed E-state index contributed by atoms with van der Waals surface area (Å²) in [5, 5.41) is 16.6. The van der Waals surface area contributed by atoms with Gasteiger partial charge in [0, 0.05) is 23.3 Å². The Morgan fingerprint density at radius 3 is 2.70 bits per heavy atom. The van der Waals surface area contributed by atoms with Crippen LogP contribution < -0.4 is 5.32 Å². The molecule has 27 heavy (non-hydrogen) atoms. The number of benzene rings is 1. The van der Waals surface area contributed by atoms with Gasteiger partial charge in [-0.2, -0.15) is 5.10 Å². The summed E-state index contributed by atoms with van der Waals surface area (Å²) in [6.45, 7) is 0.0238. The number of hydrogen-bond donors (Lipinski definition) is 2. The molecule has 1 aliphatic carbocycles. The molecule has 1 aliphatic rings. The largest absolute Gasteiger partial charge is 0.395 e. The van der Waals surface area contributed by atoms with Crippen molar-refractivity contribution in [3.8, 4) is 22.6 Å². The van der Waals surface area contributed by atoms with Crippen LogP contribution in [-0.4, -0.2) is 43.9 Å². The van der Waals surface area contributed by atoms with Gasteiger partial charge in [-0.1, -0.05) is 23.7 Å². The number of aliphatic hydroxyl groups excluding tert-OH is 1.